The van der Waals surface area contributed by atoms with Gasteiger partial charge in [0, 0.05) is 25.5 Å². The normalized spacial score (nSPS) is 11.0. The summed E-state index contributed by atoms with van der Waals surface area (Å²) in [6, 6.07) is 0. The summed E-state index contributed by atoms with van der Waals surface area (Å²) in [4.78, 5) is 33.2. The molecule has 1 amide bonds. The van der Waals surface area contributed by atoms with E-state index in [1.54, 1.807) is 13.1 Å². The SMILES string of the molecule is Cc1nc(NC(=O)CN(C)CCn2ccnc2C)sc1C(=O)O. The summed E-state index contributed by atoms with van der Waals surface area (Å²) in [6.07, 6.45) is 3.64. The van der Waals surface area contributed by atoms with Gasteiger partial charge in [-0.3, -0.25) is 9.69 Å². The van der Waals surface area contributed by atoms with E-state index in [1.165, 1.54) is 0 Å². The second-order valence-corrected chi connectivity index (χ2v) is 6.19. The summed E-state index contributed by atoms with van der Waals surface area (Å²) in [6.45, 7) is 5.18. The zero-order chi connectivity index (χ0) is 17.0. The molecule has 0 saturated heterocycles. The van der Waals surface area contributed by atoms with Crippen LogP contribution in [-0.4, -0.2) is 56.6 Å². The van der Waals surface area contributed by atoms with Gasteiger partial charge in [0.2, 0.25) is 5.91 Å². The molecular weight excluding hydrogens is 318 g/mol. The fourth-order valence-corrected chi connectivity index (χ4v) is 2.87. The van der Waals surface area contributed by atoms with E-state index in [4.69, 9.17) is 5.11 Å². The average Bonchev–Trinajstić information content (AvgIpc) is 3.02. The number of hydrogen-bond donors (Lipinski definition) is 2. The minimum Gasteiger partial charge on any atom is -0.477 e. The molecular formula is C14H19N5O3S. The Kier molecular flexibility index (Phi) is 5.45. The number of nitrogens with zero attached hydrogens (tertiary/aromatic N) is 4. The van der Waals surface area contributed by atoms with Crippen LogP contribution < -0.4 is 5.32 Å². The molecule has 9 heteroatoms. The van der Waals surface area contributed by atoms with Crippen molar-refractivity contribution in [1.29, 1.82) is 0 Å². The predicted octanol–water partition coefficient (Wildman–Crippen LogP) is 1.23. The van der Waals surface area contributed by atoms with Crippen molar-refractivity contribution in [3.63, 3.8) is 0 Å². The molecule has 124 valence electrons. The minimum absolute atomic E-state index is 0.143. The van der Waals surface area contributed by atoms with E-state index in [0.717, 1.165) is 23.7 Å². The van der Waals surface area contributed by atoms with Crippen molar-refractivity contribution in [3.8, 4) is 0 Å². The van der Waals surface area contributed by atoms with Gasteiger partial charge < -0.3 is 15.0 Å². The summed E-state index contributed by atoms with van der Waals surface area (Å²) in [7, 11) is 1.85. The Bertz CT molecular complexity index is 709. The largest absolute Gasteiger partial charge is 0.477 e. The number of anilines is 1. The van der Waals surface area contributed by atoms with Gasteiger partial charge in [-0.15, -0.1) is 0 Å². The van der Waals surface area contributed by atoms with Crippen LogP contribution >= 0.6 is 11.3 Å². The van der Waals surface area contributed by atoms with Crippen molar-refractivity contribution in [2.24, 2.45) is 0 Å². The molecule has 0 bridgehead atoms. The number of likely N-dealkylation sites (N-methyl/N-ethyl adjacent to an activating group) is 1. The molecule has 2 rings (SSSR count). The summed E-state index contributed by atoms with van der Waals surface area (Å²) in [5.74, 6) is -0.323. The van der Waals surface area contributed by atoms with Gasteiger partial charge in [-0.25, -0.2) is 14.8 Å². The smallest absolute Gasteiger partial charge is 0.347 e. The number of carboxylic acid groups (broad SMARTS) is 1. The molecule has 23 heavy (non-hydrogen) atoms. The molecule has 0 saturated carbocycles. The lowest BCUT2D eigenvalue weighted by atomic mass is 10.4. The van der Waals surface area contributed by atoms with Crippen molar-refractivity contribution >= 4 is 28.3 Å². The first-order valence-corrected chi connectivity index (χ1v) is 7.85. The molecule has 2 heterocycles. The van der Waals surface area contributed by atoms with Crippen LogP contribution in [0.5, 0.6) is 0 Å². The molecule has 0 aliphatic rings. The van der Waals surface area contributed by atoms with Crippen molar-refractivity contribution in [1.82, 2.24) is 19.4 Å². The Morgan fingerprint density at radius 2 is 2.17 bits per heavy atom. The van der Waals surface area contributed by atoms with Crippen LogP contribution in [0.1, 0.15) is 21.2 Å². The number of aromatic nitrogens is 3. The number of carbonyl (C=O) groups is 2. The van der Waals surface area contributed by atoms with Gasteiger partial charge >= 0.3 is 5.97 Å². The Morgan fingerprint density at radius 3 is 2.74 bits per heavy atom. The van der Waals surface area contributed by atoms with Gasteiger partial charge in [0.1, 0.15) is 10.7 Å². The van der Waals surface area contributed by atoms with E-state index >= 15 is 0 Å². The maximum absolute atomic E-state index is 12.0. The van der Waals surface area contributed by atoms with Crippen molar-refractivity contribution < 1.29 is 14.7 Å². The van der Waals surface area contributed by atoms with Gasteiger partial charge in [0.15, 0.2) is 5.13 Å². The van der Waals surface area contributed by atoms with Crippen LogP contribution in [-0.2, 0) is 11.3 Å². The van der Waals surface area contributed by atoms with E-state index in [1.807, 2.05) is 29.6 Å². The molecule has 0 spiro atoms. The topological polar surface area (TPSA) is 100 Å². The maximum atomic E-state index is 12.0. The standard InChI is InChI=1S/C14H19N5O3S/c1-9-12(13(21)22)23-14(16-9)17-11(20)8-18(3)6-7-19-5-4-15-10(19)2/h4-5H,6-8H2,1-3H3,(H,21,22)(H,16,17,20). The second kappa shape index (κ2) is 7.34. The van der Waals surface area contributed by atoms with Crippen molar-refractivity contribution in [3.05, 3.63) is 28.8 Å². The first-order chi connectivity index (χ1) is 10.9. The zero-order valence-electron chi connectivity index (χ0n) is 13.2. The van der Waals surface area contributed by atoms with E-state index in [9.17, 15) is 9.59 Å². The summed E-state index contributed by atoms with van der Waals surface area (Å²) in [5.41, 5.74) is 0.404. The van der Waals surface area contributed by atoms with Crippen LogP contribution in [0.4, 0.5) is 5.13 Å². The highest BCUT2D eigenvalue weighted by Gasteiger charge is 2.16. The quantitative estimate of drug-likeness (QED) is 0.788. The highest BCUT2D eigenvalue weighted by Crippen LogP contribution is 2.22. The molecule has 0 unspecified atom stereocenters. The third-order valence-corrected chi connectivity index (χ3v) is 4.36. The van der Waals surface area contributed by atoms with E-state index in [-0.39, 0.29) is 17.3 Å². The van der Waals surface area contributed by atoms with Crippen LogP contribution in [0.3, 0.4) is 0 Å². The number of carboxylic acids is 1. The summed E-state index contributed by atoms with van der Waals surface area (Å²) < 4.78 is 2.01. The Balaban J connectivity index is 1.83. The molecule has 2 aromatic rings. The van der Waals surface area contributed by atoms with Crippen LogP contribution in [0.15, 0.2) is 12.4 Å². The molecule has 2 aromatic heterocycles. The first-order valence-electron chi connectivity index (χ1n) is 7.03. The number of aromatic carboxylic acids is 1. The molecule has 2 N–H and O–H groups in total. The van der Waals surface area contributed by atoms with Gasteiger partial charge in [0.25, 0.3) is 0 Å². The average molecular weight is 337 g/mol. The van der Waals surface area contributed by atoms with Gasteiger partial charge in [-0.2, -0.15) is 0 Å². The fourth-order valence-electron chi connectivity index (χ4n) is 2.05. The third-order valence-electron chi connectivity index (χ3n) is 3.30. The number of carbonyl (C=O) groups excluding carboxylic acids is 1. The summed E-state index contributed by atoms with van der Waals surface area (Å²) >= 11 is 0.963. The fraction of sp³-hybridized carbons (Fsp3) is 0.429. The van der Waals surface area contributed by atoms with Gasteiger partial charge in [0.05, 0.1) is 12.2 Å². The lowest BCUT2D eigenvalue weighted by molar-refractivity contribution is -0.117. The Morgan fingerprint density at radius 1 is 1.43 bits per heavy atom. The molecule has 0 radical (unpaired) electrons. The first kappa shape index (κ1) is 17.1. The molecule has 0 aromatic carbocycles. The molecule has 0 aliphatic carbocycles. The van der Waals surface area contributed by atoms with E-state index in [2.05, 4.69) is 15.3 Å². The number of thiazole rings is 1. The van der Waals surface area contributed by atoms with Crippen molar-refractivity contribution in [2.45, 2.75) is 20.4 Å². The Labute approximate surface area is 137 Å². The Hall–Kier alpha value is -2.26. The van der Waals surface area contributed by atoms with Crippen molar-refractivity contribution in [2.75, 3.05) is 25.5 Å². The van der Waals surface area contributed by atoms with Crippen LogP contribution in [0, 0.1) is 13.8 Å². The molecule has 8 nitrogen and oxygen atoms in total. The van der Waals surface area contributed by atoms with E-state index < -0.39 is 5.97 Å². The number of aryl methyl sites for hydroxylation is 2. The highest BCUT2D eigenvalue weighted by atomic mass is 32.1. The highest BCUT2D eigenvalue weighted by molar-refractivity contribution is 7.17. The number of imidazole rings is 1. The predicted molar refractivity (Wildman–Crippen MR) is 86.9 cm³/mol. The zero-order valence-corrected chi connectivity index (χ0v) is 14.1. The minimum atomic E-state index is -1.03. The number of hydrogen-bond acceptors (Lipinski definition) is 6. The number of rotatable bonds is 7. The number of amides is 1. The van der Waals surface area contributed by atoms with Crippen LogP contribution in [0.2, 0.25) is 0 Å². The van der Waals surface area contributed by atoms with E-state index in [0.29, 0.717) is 17.4 Å². The summed E-state index contributed by atoms with van der Waals surface area (Å²) in [5, 5.41) is 11.9. The molecule has 0 fully saturated rings. The maximum Gasteiger partial charge on any atom is 0.347 e. The van der Waals surface area contributed by atoms with Crippen LogP contribution in [0.25, 0.3) is 0 Å². The molecule has 0 aliphatic heterocycles. The lowest BCUT2D eigenvalue weighted by Gasteiger charge is -2.16. The second-order valence-electron chi connectivity index (χ2n) is 5.19. The third kappa shape index (κ3) is 4.60. The lowest BCUT2D eigenvalue weighted by Crippen LogP contribution is -2.32. The number of nitrogens with one attached hydrogen (secondary N) is 1. The monoisotopic (exact) mass is 337 g/mol. The molecule has 0 atom stereocenters. The van der Waals surface area contributed by atoms with Gasteiger partial charge in [-0.1, -0.05) is 11.3 Å². The van der Waals surface area contributed by atoms with Gasteiger partial charge in [-0.05, 0) is 20.9 Å².